The lowest BCUT2D eigenvalue weighted by molar-refractivity contribution is -0.126. The summed E-state index contributed by atoms with van der Waals surface area (Å²) in [6, 6.07) is 21.3. The van der Waals surface area contributed by atoms with Crippen LogP contribution in [0.3, 0.4) is 0 Å². The second-order valence-electron chi connectivity index (χ2n) is 8.05. The van der Waals surface area contributed by atoms with Crippen molar-refractivity contribution in [1.29, 1.82) is 0 Å². The van der Waals surface area contributed by atoms with Gasteiger partial charge in [-0.2, -0.15) is 0 Å². The number of aryl methyl sites for hydroxylation is 2. The van der Waals surface area contributed by atoms with Gasteiger partial charge < -0.3 is 5.11 Å². The molecule has 156 valence electrons. The maximum absolute atomic E-state index is 13.6. The van der Waals surface area contributed by atoms with Gasteiger partial charge in [0.25, 0.3) is 5.91 Å². The fourth-order valence-corrected chi connectivity index (χ4v) is 4.52. The lowest BCUT2D eigenvalue weighted by atomic mass is 9.90. The topological polar surface area (TPSA) is 70.1 Å². The molecule has 0 spiro atoms. The molecule has 1 N–H and O–H groups in total. The number of hydrogen-bond donors (Lipinski definition) is 1. The van der Waals surface area contributed by atoms with Crippen molar-refractivity contribution in [2.24, 2.45) is 5.92 Å². The third kappa shape index (κ3) is 3.07. The zero-order valence-corrected chi connectivity index (χ0v) is 17.2. The van der Waals surface area contributed by atoms with Crippen molar-refractivity contribution in [1.82, 2.24) is 0 Å². The zero-order chi connectivity index (χ0) is 21.7. The Labute approximate surface area is 180 Å². The highest BCUT2D eigenvalue weighted by Crippen LogP contribution is 2.48. The molecule has 2 heterocycles. The third-order valence-corrected chi connectivity index (χ3v) is 5.95. The summed E-state index contributed by atoms with van der Waals surface area (Å²) >= 11 is 0. The first kappa shape index (κ1) is 19.3. The molecule has 2 aliphatic rings. The Balaban J connectivity index is 1.59. The Morgan fingerprint density at radius 2 is 1.58 bits per heavy atom. The summed E-state index contributed by atoms with van der Waals surface area (Å²) in [6.07, 6.45) is -0.910. The van der Waals surface area contributed by atoms with Crippen LogP contribution in [0.2, 0.25) is 0 Å². The molecular formula is C25H22N2O4. The van der Waals surface area contributed by atoms with Crippen molar-refractivity contribution >= 4 is 23.2 Å². The summed E-state index contributed by atoms with van der Waals surface area (Å²) in [5.41, 5.74) is 4.07. The van der Waals surface area contributed by atoms with Crippen LogP contribution in [0.4, 0.5) is 11.4 Å². The molecule has 2 aliphatic heterocycles. The molecule has 0 unspecified atom stereocenters. The van der Waals surface area contributed by atoms with Gasteiger partial charge in [0.05, 0.1) is 17.4 Å². The van der Waals surface area contributed by atoms with Crippen molar-refractivity contribution in [2.75, 3.05) is 9.96 Å². The monoisotopic (exact) mass is 414 g/mol. The molecule has 5 rings (SSSR count). The number of hydroxylamine groups is 1. The fraction of sp³-hybridized carbons (Fsp3) is 0.200. The summed E-state index contributed by atoms with van der Waals surface area (Å²) in [4.78, 5) is 34.4. The van der Waals surface area contributed by atoms with Crippen LogP contribution in [0.15, 0.2) is 72.8 Å². The molecule has 2 amide bonds. The summed E-state index contributed by atoms with van der Waals surface area (Å²) in [6.45, 7) is 3.87. The number of nitrogens with zero attached hydrogens (tertiary/aromatic N) is 2. The quantitative estimate of drug-likeness (QED) is 0.655. The van der Waals surface area contributed by atoms with Gasteiger partial charge >= 0.3 is 0 Å². The largest absolute Gasteiger partial charge is 0.508 e. The van der Waals surface area contributed by atoms with Crippen molar-refractivity contribution in [2.45, 2.75) is 26.0 Å². The van der Waals surface area contributed by atoms with Gasteiger partial charge in [0.2, 0.25) is 5.91 Å². The fourth-order valence-electron chi connectivity index (χ4n) is 4.52. The maximum Gasteiger partial charge on any atom is 0.266 e. The van der Waals surface area contributed by atoms with E-state index in [1.54, 1.807) is 29.3 Å². The molecule has 3 atom stereocenters. The van der Waals surface area contributed by atoms with E-state index in [0.29, 0.717) is 5.69 Å². The number of carbonyl (C=O) groups excluding carboxylic acids is 2. The van der Waals surface area contributed by atoms with E-state index in [1.165, 1.54) is 4.90 Å². The molecule has 0 radical (unpaired) electrons. The minimum atomic E-state index is -0.910. The van der Waals surface area contributed by atoms with Crippen LogP contribution in [0, 0.1) is 19.8 Å². The smallest absolute Gasteiger partial charge is 0.266 e. The van der Waals surface area contributed by atoms with Gasteiger partial charge in [0, 0.05) is 0 Å². The normalized spacial score (nSPS) is 22.8. The highest BCUT2D eigenvalue weighted by atomic mass is 16.7. The van der Waals surface area contributed by atoms with Gasteiger partial charge in [-0.25, -0.2) is 9.96 Å². The number of aromatic hydroxyl groups is 1. The Kier molecular flexibility index (Phi) is 4.52. The Bertz CT molecular complexity index is 1160. The van der Waals surface area contributed by atoms with Gasteiger partial charge in [-0.3, -0.25) is 14.4 Å². The van der Waals surface area contributed by atoms with Gasteiger partial charge in [-0.05, 0) is 55.3 Å². The average Bonchev–Trinajstić information content (AvgIpc) is 3.26. The highest BCUT2D eigenvalue weighted by Gasteiger charge is 2.60. The zero-order valence-electron chi connectivity index (χ0n) is 17.2. The molecule has 31 heavy (non-hydrogen) atoms. The maximum atomic E-state index is 13.6. The first-order chi connectivity index (χ1) is 15.0. The first-order valence-electron chi connectivity index (χ1n) is 10.2. The SMILES string of the molecule is Cc1ccc(N2C(=O)[C@@H]3[C@@H](ON(c4ccccc4)[C@H]3c3ccc(O)cc3)C2=O)c(C)c1. The van der Waals surface area contributed by atoms with Crippen molar-refractivity contribution in [3.8, 4) is 5.75 Å². The molecule has 3 aromatic rings. The van der Waals surface area contributed by atoms with Crippen LogP contribution in [0.5, 0.6) is 5.75 Å². The van der Waals surface area contributed by atoms with Gasteiger partial charge in [0.15, 0.2) is 6.10 Å². The van der Waals surface area contributed by atoms with Crippen LogP contribution >= 0.6 is 0 Å². The van der Waals surface area contributed by atoms with Crippen molar-refractivity contribution < 1.29 is 19.5 Å². The van der Waals surface area contributed by atoms with Crippen LogP contribution in [0.1, 0.15) is 22.7 Å². The van der Waals surface area contributed by atoms with E-state index in [9.17, 15) is 14.7 Å². The number of anilines is 2. The number of phenolic OH excluding ortho intramolecular Hbond substituents is 1. The summed E-state index contributed by atoms with van der Waals surface area (Å²) in [5.74, 6) is -1.20. The van der Waals surface area contributed by atoms with E-state index in [-0.39, 0.29) is 17.6 Å². The van der Waals surface area contributed by atoms with E-state index in [1.807, 2.05) is 62.4 Å². The number of rotatable bonds is 3. The number of hydrogen-bond acceptors (Lipinski definition) is 5. The van der Waals surface area contributed by atoms with E-state index in [4.69, 9.17) is 4.84 Å². The van der Waals surface area contributed by atoms with Gasteiger partial charge in [0.1, 0.15) is 11.7 Å². The van der Waals surface area contributed by atoms with Crippen molar-refractivity contribution in [3.63, 3.8) is 0 Å². The standard InChI is InChI=1S/C25H22N2O4/c1-15-8-13-20(16(2)14-15)26-24(29)21-22(17-9-11-19(28)12-10-17)27(31-23(21)25(26)30)18-6-4-3-5-7-18/h3-14,21-23,28H,1-2H3/t21-,22-,23+/m0/s1. The molecule has 0 aromatic heterocycles. The predicted molar refractivity (Wildman–Crippen MR) is 117 cm³/mol. The van der Waals surface area contributed by atoms with Crippen LogP contribution < -0.4 is 9.96 Å². The number of para-hydroxylation sites is 1. The van der Waals surface area contributed by atoms with Gasteiger partial charge in [-0.15, -0.1) is 0 Å². The van der Waals surface area contributed by atoms with Crippen LogP contribution in [-0.4, -0.2) is 23.0 Å². The lowest BCUT2D eigenvalue weighted by Crippen LogP contribution is -2.37. The summed E-state index contributed by atoms with van der Waals surface area (Å²) in [5, 5.41) is 11.4. The summed E-state index contributed by atoms with van der Waals surface area (Å²) in [7, 11) is 0. The first-order valence-corrected chi connectivity index (χ1v) is 10.2. The number of imide groups is 1. The molecule has 3 aromatic carbocycles. The number of amides is 2. The predicted octanol–water partition coefficient (Wildman–Crippen LogP) is 4.06. The number of phenols is 1. The summed E-state index contributed by atoms with van der Waals surface area (Å²) < 4.78 is 0. The van der Waals surface area contributed by atoms with E-state index in [2.05, 4.69) is 0 Å². The lowest BCUT2D eigenvalue weighted by Gasteiger charge is -2.29. The molecule has 2 fully saturated rings. The minimum absolute atomic E-state index is 0.135. The third-order valence-electron chi connectivity index (χ3n) is 5.95. The molecule has 6 heteroatoms. The molecule has 0 saturated carbocycles. The number of benzene rings is 3. The van der Waals surface area contributed by atoms with Crippen LogP contribution in [-0.2, 0) is 14.4 Å². The van der Waals surface area contributed by atoms with E-state index >= 15 is 0 Å². The van der Waals surface area contributed by atoms with E-state index < -0.39 is 18.1 Å². The van der Waals surface area contributed by atoms with Crippen LogP contribution in [0.25, 0.3) is 0 Å². The molecular weight excluding hydrogens is 392 g/mol. The van der Waals surface area contributed by atoms with Crippen molar-refractivity contribution in [3.05, 3.63) is 89.5 Å². The molecule has 6 nitrogen and oxygen atoms in total. The Morgan fingerprint density at radius 1 is 0.871 bits per heavy atom. The molecule has 0 aliphatic carbocycles. The number of carbonyl (C=O) groups is 2. The second-order valence-corrected chi connectivity index (χ2v) is 8.05. The highest BCUT2D eigenvalue weighted by molar-refractivity contribution is 6.24. The molecule has 2 saturated heterocycles. The number of fused-ring (bicyclic) bond motifs is 1. The second kappa shape index (κ2) is 7.25. The Hall–Kier alpha value is -3.64. The average molecular weight is 414 g/mol. The Morgan fingerprint density at radius 3 is 2.26 bits per heavy atom. The minimum Gasteiger partial charge on any atom is -0.508 e. The van der Waals surface area contributed by atoms with E-state index in [0.717, 1.165) is 22.4 Å². The molecule has 0 bridgehead atoms. The van der Waals surface area contributed by atoms with Gasteiger partial charge in [-0.1, -0.05) is 48.0 Å².